The van der Waals surface area contributed by atoms with Gasteiger partial charge in [0.2, 0.25) is 0 Å². The summed E-state index contributed by atoms with van der Waals surface area (Å²) in [5, 5.41) is 4.58. The summed E-state index contributed by atoms with van der Waals surface area (Å²) in [6, 6.07) is 18.5. The molecule has 0 atom stereocenters. The first kappa shape index (κ1) is 14.1. The van der Waals surface area contributed by atoms with Crippen molar-refractivity contribution in [2.24, 2.45) is 0 Å². The van der Waals surface area contributed by atoms with Crippen molar-refractivity contribution in [3.63, 3.8) is 0 Å². The van der Waals surface area contributed by atoms with E-state index in [1.807, 2.05) is 41.2 Å². The Bertz CT molecular complexity index is 808. The third-order valence-electron chi connectivity index (χ3n) is 3.56. The van der Waals surface area contributed by atoms with Crippen molar-refractivity contribution < 1.29 is 0 Å². The third-order valence-corrected chi connectivity index (χ3v) is 3.56. The molecule has 3 rings (SSSR count). The van der Waals surface area contributed by atoms with Crippen LogP contribution in [-0.4, -0.2) is 9.78 Å². The fourth-order valence-electron chi connectivity index (χ4n) is 2.29. The molecule has 22 heavy (non-hydrogen) atoms. The summed E-state index contributed by atoms with van der Waals surface area (Å²) in [6.45, 7) is 5.93. The van der Waals surface area contributed by atoms with Gasteiger partial charge in [0.1, 0.15) is 0 Å². The van der Waals surface area contributed by atoms with Crippen LogP contribution in [-0.2, 0) is 0 Å². The highest BCUT2D eigenvalue weighted by atomic mass is 15.3. The summed E-state index contributed by atoms with van der Waals surface area (Å²) in [5.74, 6) is 0. The van der Waals surface area contributed by atoms with Crippen LogP contribution in [0.4, 0.5) is 0 Å². The molecule has 2 nitrogen and oxygen atoms in total. The molecule has 1 aromatic heterocycles. The Balaban J connectivity index is 1.83. The third kappa shape index (κ3) is 3.07. The van der Waals surface area contributed by atoms with Gasteiger partial charge in [-0.15, -0.1) is 0 Å². The fraction of sp³-hybridized carbons (Fsp3) is 0.0500. The van der Waals surface area contributed by atoms with E-state index in [0.29, 0.717) is 0 Å². The molecule has 0 N–H and O–H groups in total. The van der Waals surface area contributed by atoms with E-state index in [4.69, 9.17) is 0 Å². The van der Waals surface area contributed by atoms with Gasteiger partial charge in [-0.05, 0) is 42.3 Å². The van der Waals surface area contributed by atoms with Crippen molar-refractivity contribution in [2.75, 3.05) is 0 Å². The van der Waals surface area contributed by atoms with E-state index in [2.05, 4.69) is 61.1 Å². The van der Waals surface area contributed by atoms with Gasteiger partial charge in [-0.25, -0.2) is 4.68 Å². The van der Waals surface area contributed by atoms with Crippen LogP contribution in [0.3, 0.4) is 0 Å². The maximum absolute atomic E-state index is 4.58. The Hall–Kier alpha value is -2.87. The summed E-state index contributed by atoms with van der Waals surface area (Å²) in [6.07, 6.45) is 7.93. The second kappa shape index (κ2) is 6.27. The van der Waals surface area contributed by atoms with E-state index in [9.17, 15) is 0 Å². The monoisotopic (exact) mass is 286 g/mol. The van der Waals surface area contributed by atoms with Gasteiger partial charge < -0.3 is 0 Å². The molecule has 0 fully saturated rings. The highest BCUT2D eigenvalue weighted by Gasteiger charge is 1.99. The lowest BCUT2D eigenvalue weighted by atomic mass is 10.1. The lowest BCUT2D eigenvalue weighted by Crippen LogP contribution is -1.94. The van der Waals surface area contributed by atoms with Gasteiger partial charge in [0.05, 0.1) is 11.4 Å². The number of nitrogens with zero attached hydrogens (tertiary/aromatic N) is 2. The molecule has 0 aliphatic rings. The number of rotatable bonds is 4. The molecule has 0 saturated carbocycles. The van der Waals surface area contributed by atoms with Crippen LogP contribution in [0.15, 0.2) is 67.4 Å². The van der Waals surface area contributed by atoms with Crippen molar-refractivity contribution in [1.82, 2.24) is 9.78 Å². The predicted molar refractivity (Wildman–Crippen MR) is 93.8 cm³/mol. The maximum Gasteiger partial charge on any atom is 0.0855 e. The van der Waals surface area contributed by atoms with E-state index in [-0.39, 0.29) is 0 Å². The van der Waals surface area contributed by atoms with Crippen LogP contribution in [0.25, 0.3) is 23.9 Å². The molecule has 0 bridgehead atoms. The maximum atomic E-state index is 4.58. The van der Waals surface area contributed by atoms with Gasteiger partial charge in [0, 0.05) is 6.20 Å². The second-order valence-electron chi connectivity index (χ2n) is 5.19. The van der Waals surface area contributed by atoms with Crippen molar-refractivity contribution in [2.45, 2.75) is 6.92 Å². The number of aryl methyl sites for hydroxylation is 1. The predicted octanol–water partition coefficient (Wildman–Crippen LogP) is 4.99. The molecule has 0 amide bonds. The molecule has 1 heterocycles. The van der Waals surface area contributed by atoms with E-state index in [1.54, 1.807) is 0 Å². The molecule has 0 saturated heterocycles. The van der Waals surface area contributed by atoms with Gasteiger partial charge in [-0.3, -0.25) is 0 Å². The average molecular weight is 286 g/mol. The quantitative estimate of drug-likeness (QED) is 0.660. The lowest BCUT2D eigenvalue weighted by molar-refractivity contribution is 0.875. The summed E-state index contributed by atoms with van der Waals surface area (Å²) < 4.78 is 1.89. The smallest absolute Gasteiger partial charge is 0.0855 e. The van der Waals surface area contributed by atoms with Gasteiger partial charge in [0.15, 0.2) is 0 Å². The Labute approximate surface area is 131 Å². The van der Waals surface area contributed by atoms with Crippen LogP contribution in [0.5, 0.6) is 0 Å². The average Bonchev–Trinajstić information content (AvgIpc) is 3.03. The van der Waals surface area contributed by atoms with Crippen molar-refractivity contribution in [1.29, 1.82) is 0 Å². The molecule has 0 radical (unpaired) electrons. The van der Waals surface area contributed by atoms with Crippen LogP contribution in [0.2, 0.25) is 0 Å². The van der Waals surface area contributed by atoms with Gasteiger partial charge in [-0.2, -0.15) is 5.10 Å². The Morgan fingerprint density at radius 1 is 0.909 bits per heavy atom. The minimum absolute atomic E-state index is 0.930. The highest BCUT2D eigenvalue weighted by molar-refractivity contribution is 5.73. The highest BCUT2D eigenvalue weighted by Crippen LogP contribution is 2.14. The molecule has 0 aliphatic carbocycles. The topological polar surface area (TPSA) is 17.8 Å². The molecule has 2 aromatic carbocycles. The first-order chi connectivity index (χ1) is 10.8. The molecule has 3 aromatic rings. The van der Waals surface area contributed by atoms with E-state index < -0.39 is 0 Å². The van der Waals surface area contributed by atoms with E-state index >= 15 is 0 Å². The Kier molecular flexibility index (Phi) is 4.01. The van der Waals surface area contributed by atoms with Gasteiger partial charge >= 0.3 is 0 Å². The number of hydrogen-bond donors (Lipinski definition) is 0. The SMILES string of the molecule is C=Cc1ccccc1/C=C/c1ccn(-c2ccc(C)cc2)n1. The Morgan fingerprint density at radius 2 is 1.64 bits per heavy atom. The van der Waals surface area contributed by atoms with Crippen LogP contribution in [0.1, 0.15) is 22.4 Å². The summed E-state index contributed by atoms with van der Waals surface area (Å²) in [4.78, 5) is 0. The fourth-order valence-corrected chi connectivity index (χ4v) is 2.29. The second-order valence-corrected chi connectivity index (χ2v) is 5.19. The molecule has 0 spiro atoms. The summed E-state index contributed by atoms with van der Waals surface area (Å²) >= 11 is 0. The van der Waals surface area contributed by atoms with Crippen LogP contribution < -0.4 is 0 Å². The van der Waals surface area contributed by atoms with E-state index in [1.165, 1.54) is 5.56 Å². The molecular weight excluding hydrogens is 268 g/mol. The lowest BCUT2D eigenvalue weighted by Gasteiger charge is -2.01. The summed E-state index contributed by atoms with van der Waals surface area (Å²) in [7, 11) is 0. The zero-order valence-electron chi connectivity index (χ0n) is 12.6. The largest absolute Gasteiger partial charge is 0.240 e. The number of benzene rings is 2. The van der Waals surface area contributed by atoms with E-state index in [0.717, 1.165) is 22.5 Å². The minimum Gasteiger partial charge on any atom is -0.240 e. The first-order valence-electron chi connectivity index (χ1n) is 7.28. The normalized spacial score (nSPS) is 11.0. The van der Waals surface area contributed by atoms with Crippen molar-refractivity contribution >= 4 is 18.2 Å². The zero-order chi connectivity index (χ0) is 15.4. The Morgan fingerprint density at radius 3 is 2.36 bits per heavy atom. The first-order valence-corrected chi connectivity index (χ1v) is 7.28. The molecule has 2 heteroatoms. The molecule has 0 aliphatic heterocycles. The molecule has 0 unspecified atom stereocenters. The zero-order valence-corrected chi connectivity index (χ0v) is 12.6. The van der Waals surface area contributed by atoms with Gasteiger partial charge in [-0.1, -0.05) is 60.7 Å². The number of hydrogen-bond acceptors (Lipinski definition) is 1. The summed E-state index contributed by atoms with van der Waals surface area (Å²) in [5.41, 5.74) is 5.51. The standard InChI is InChI=1S/C20H18N2/c1-3-17-6-4-5-7-18(17)10-11-19-14-15-22(21-19)20-12-8-16(2)9-13-20/h3-15H,1H2,2H3/b11-10+. The minimum atomic E-state index is 0.930. The van der Waals surface area contributed by atoms with Crippen molar-refractivity contribution in [3.05, 3.63) is 89.8 Å². The van der Waals surface area contributed by atoms with Crippen molar-refractivity contribution in [3.8, 4) is 5.69 Å². The van der Waals surface area contributed by atoms with Gasteiger partial charge in [0.25, 0.3) is 0 Å². The molecular formula is C20H18N2. The number of aromatic nitrogens is 2. The molecule has 108 valence electrons. The van der Waals surface area contributed by atoms with Crippen LogP contribution in [0, 0.1) is 6.92 Å². The van der Waals surface area contributed by atoms with Crippen LogP contribution >= 0.6 is 0 Å².